The Kier molecular flexibility index (Phi) is 5.20. The molecule has 1 aromatic rings. The van der Waals surface area contributed by atoms with Crippen LogP contribution in [0.3, 0.4) is 0 Å². The molecule has 0 aliphatic carbocycles. The number of piperazine rings is 1. The minimum atomic E-state index is -0.00999. The van der Waals surface area contributed by atoms with Crippen molar-refractivity contribution in [2.24, 2.45) is 0 Å². The quantitative estimate of drug-likeness (QED) is 0.896. The summed E-state index contributed by atoms with van der Waals surface area (Å²) in [5.41, 5.74) is 2.02. The molecule has 1 saturated heterocycles. The van der Waals surface area contributed by atoms with Crippen molar-refractivity contribution in [3.05, 3.63) is 29.8 Å². The van der Waals surface area contributed by atoms with Crippen LogP contribution >= 0.6 is 0 Å². The van der Waals surface area contributed by atoms with E-state index in [-0.39, 0.29) is 12.1 Å². The fourth-order valence-corrected chi connectivity index (χ4v) is 2.49. The van der Waals surface area contributed by atoms with E-state index in [1.54, 1.807) is 0 Å². The van der Waals surface area contributed by atoms with E-state index in [0.29, 0.717) is 6.04 Å². The van der Waals surface area contributed by atoms with Crippen LogP contribution in [0, 0.1) is 0 Å². The smallest absolute Gasteiger partial charge is 0.321 e. The van der Waals surface area contributed by atoms with Crippen molar-refractivity contribution in [2.75, 3.05) is 39.0 Å². The van der Waals surface area contributed by atoms with Gasteiger partial charge in [0, 0.05) is 37.4 Å². The number of amides is 2. The Bertz CT molecular complexity index is 491. The highest BCUT2D eigenvalue weighted by Gasteiger charge is 2.24. The Morgan fingerprint density at radius 3 is 2.81 bits per heavy atom. The first-order chi connectivity index (χ1) is 10.0. The minimum absolute atomic E-state index is 0.00999. The van der Waals surface area contributed by atoms with E-state index in [0.717, 1.165) is 25.3 Å². The number of hydrogen-bond acceptors (Lipinski definition) is 3. The minimum Gasteiger partial charge on any atom is -0.322 e. The van der Waals surface area contributed by atoms with Crippen LogP contribution in [0.1, 0.15) is 25.5 Å². The summed E-state index contributed by atoms with van der Waals surface area (Å²) >= 11 is 0. The maximum Gasteiger partial charge on any atom is 0.321 e. The molecular formula is C16H26N4O. The zero-order valence-corrected chi connectivity index (χ0v) is 13.4. The molecule has 2 amide bonds. The van der Waals surface area contributed by atoms with Crippen LogP contribution < -0.4 is 10.6 Å². The highest BCUT2D eigenvalue weighted by Crippen LogP contribution is 2.18. The van der Waals surface area contributed by atoms with Crippen molar-refractivity contribution in [2.45, 2.75) is 25.9 Å². The number of rotatable bonds is 3. The maximum absolute atomic E-state index is 12.4. The van der Waals surface area contributed by atoms with Gasteiger partial charge in [-0.2, -0.15) is 0 Å². The molecule has 116 valence electrons. The van der Waals surface area contributed by atoms with E-state index in [1.807, 2.05) is 30.1 Å². The predicted molar refractivity (Wildman–Crippen MR) is 86.6 cm³/mol. The number of likely N-dealkylation sites (N-methyl/N-ethyl adjacent to an activating group) is 1. The van der Waals surface area contributed by atoms with E-state index >= 15 is 0 Å². The topological polar surface area (TPSA) is 47.6 Å². The molecule has 1 heterocycles. The second kappa shape index (κ2) is 6.91. The molecule has 2 rings (SSSR count). The highest BCUT2D eigenvalue weighted by molar-refractivity contribution is 5.89. The number of anilines is 1. The summed E-state index contributed by atoms with van der Waals surface area (Å²) in [6, 6.07) is 8.66. The lowest BCUT2D eigenvalue weighted by molar-refractivity contribution is 0.125. The van der Waals surface area contributed by atoms with Crippen molar-refractivity contribution in [1.29, 1.82) is 0 Å². The van der Waals surface area contributed by atoms with Gasteiger partial charge in [0.1, 0.15) is 0 Å². The van der Waals surface area contributed by atoms with Crippen LogP contribution in [0.4, 0.5) is 10.5 Å². The summed E-state index contributed by atoms with van der Waals surface area (Å²) in [4.78, 5) is 16.5. The fourth-order valence-electron chi connectivity index (χ4n) is 2.49. The second-order valence-corrected chi connectivity index (χ2v) is 5.84. The van der Waals surface area contributed by atoms with Crippen LogP contribution in [0.25, 0.3) is 0 Å². The monoisotopic (exact) mass is 290 g/mol. The molecule has 0 saturated carbocycles. The molecule has 0 bridgehead atoms. The van der Waals surface area contributed by atoms with Crippen LogP contribution in [0.2, 0.25) is 0 Å². The van der Waals surface area contributed by atoms with Gasteiger partial charge in [-0.25, -0.2) is 4.79 Å². The van der Waals surface area contributed by atoms with Crippen LogP contribution in [0.5, 0.6) is 0 Å². The Balaban J connectivity index is 1.99. The van der Waals surface area contributed by atoms with Gasteiger partial charge in [-0.1, -0.05) is 12.1 Å². The molecule has 1 aromatic carbocycles. The maximum atomic E-state index is 12.4. The number of carbonyl (C=O) groups excluding carboxylic acids is 1. The number of hydrogen-bond donors (Lipinski definition) is 2. The molecule has 1 aliphatic heterocycles. The molecule has 5 heteroatoms. The van der Waals surface area contributed by atoms with Crippen LogP contribution in [-0.2, 0) is 0 Å². The summed E-state index contributed by atoms with van der Waals surface area (Å²) in [7, 11) is 4.03. The molecular weight excluding hydrogens is 264 g/mol. The van der Waals surface area contributed by atoms with Crippen LogP contribution in [-0.4, -0.2) is 55.6 Å². The summed E-state index contributed by atoms with van der Waals surface area (Å²) in [6.07, 6.45) is 0. The zero-order valence-electron chi connectivity index (χ0n) is 13.4. The third-order valence-electron chi connectivity index (χ3n) is 4.32. The molecule has 21 heavy (non-hydrogen) atoms. The summed E-state index contributed by atoms with van der Waals surface area (Å²) in [6.45, 7) is 6.72. The summed E-state index contributed by atoms with van der Waals surface area (Å²) in [5, 5.41) is 6.21. The standard InChI is InChI=1S/C16H26N4O/c1-12-11-20(9-8-19(12)4)16(21)18-15-7-5-6-14(10-15)13(2)17-3/h5-7,10,12-13,17H,8-9,11H2,1-4H3,(H,18,21). The first kappa shape index (κ1) is 15.8. The Morgan fingerprint density at radius 1 is 1.38 bits per heavy atom. The van der Waals surface area contributed by atoms with Crippen molar-refractivity contribution in [1.82, 2.24) is 15.1 Å². The first-order valence-electron chi connectivity index (χ1n) is 7.54. The number of benzene rings is 1. The second-order valence-electron chi connectivity index (χ2n) is 5.84. The van der Waals surface area contributed by atoms with Gasteiger partial charge in [-0.15, -0.1) is 0 Å². The van der Waals surface area contributed by atoms with Gasteiger partial charge < -0.3 is 20.4 Å². The van der Waals surface area contributed by atoms with Crippen LogP contribution in [0.15, 0.2) is 24.3 Å². The molecule has 2 atom stereocenters. The van der Waals surface area contributed by atoms with E-state index in [1.165, 1.54) is 5.56 Å². The summed E-state index contributed by atoms with van der Waals surface area (Å²) < 4.78 is 0. The van der Waals surface area contributed by atoms with Crippen molar-refractivity contribution >= 4 is 11.7 Å². The van der Waals surface area contributed by atoms with E-state index in [4.69, 9.17) is 0 Å². The van der Waals surface area contributed by atoms with Gasteiger partial charge in [0.05, 0.1) is 0 Å². The third kappa shape index (κ3) is 3.95. The van der Waals surface area contributed by atoms with Gasteiger partial charge in [0.2, 0.25) is 0 Å². The normalized spacial score (nSPS) is 21.1. The molecule has 0 aromatic heterocycles. The lowest BCUT2D eigenvalue weighted by atomic mass is 10.1. The van der Waals surface area contributed by atoms with Gasteiger partial charge >= 0.3 is 6.03 Å². The molecule has 2 N–H and O–H groups in total. The molecule has 1 fully saturated rings. The predicted octanol–water partition coefficient (Wildman–Crippen LogP) is 2.13. The highest BCUT2D eigenvalue weighted by atomic mass is 16.2. The first-order valence-corrected chi connectivity index (χ1v) is 7.54. The van der Waals surface area contributed by atoms with Crippen molar-refractivity contribution < 1.29 is 4.79 Å². The van der Waals surface area contributed by atoms with Gasteiger partial charge in [-0.05, 0) is 45.6 Å². The molecule has 2 unspecified atom stereocenters. The Morgan fingerprint density at radius 2 is 2.14 bits per heavy atom. The Labute approximate surface area is 127 Å². The average Bonchev–Trinajstić information content (AvgIpc) is 2.49. The number of nitrogens with zero attached hydrogens (tertiary/aromatic N) is 2. The van der Waals surface area contributed by atoms with E-state index in [2.05, 4.69) is 42.5 Å². The van der Waals surface area contributed by atoms with Crippen molar-refractivity contribution in [3.8, 4) is 0 Å². The zero-order chi connectivity index (χ0) is 15.4. The fraction of sp³-hybridized carbons (Fsp3) is 0.562. The molecule has 5 nitrogen and oxygen atoms in total. The van der Waals surface area contributed by atoms with Gasteiger partial charge in [-0.3, -0.25) is 0 Å². The lowest BCUT2D eigenvalue weighted by Gasteiger charge is -2.37. The Hall–Kier alpha value is -1.59. The summed E-state index contributed by atoms with van der Waals surface area (Å²) in [5.74, 6) is 0. The van der Waals surface area contributed by atoms with Crippen molar-refractivity contribution in [3.63, 3.8) is 0 Å². The number of nitrogens with one attached hydrogen (secondary N) is 2. The van der Waals surface area contributed by atoms with E-state index < -0.39 is 0 Å². The van der Waals surface area contributed by atoms with Gasteiger partial charge in [0.25, 0.3) is 0 Å². The number of carbonyl (C=O) groups is 1. The molecule has 0 radical (unpaired) electrons. The molecule has 1 aliphatic rings. The average molecular weight is 290 g/mol. The largest absolute Gasteiger partial charge is 0.322 e. The third-order valence-corrected chi connectivity index (χ3v) is 4.32. The van der Waals surface area contributed by atoms with E-state index in [9.17, 15) is 4.79 Å². The van der Waals surface area contributed by atoms with Gasteiger partial charge in [0.15, 0.2) is 0 Å². The lowest BCUT2D eigenvalue weighted by Crippen LogP contribution is -2.53. The molecule has 0 spiro atoms. The SMILES string of the molecule is CNC(C)c1cccc(NC(=O)N2CCN(C)C(C)C2)c1. The number of urea groups is 1.